The van der Waals surface area contributed by atoms with Gasteiger partial charge in [-0.3, -0.25) is 0 Å². The summed E-state index contributed by atoms with van der Waals surface area (Å²) in [6.45, 7) is 1.60. The normalized spacial score (nSPS) is 17.3. The summed E-state index contributed by atoms with van der Waals surface area (Å²) in [5, 5.41) is 25.9. The van der Waals surface area contributed by atoms with Crippen molar-refractivity contribution in [3.8, 4) is 0 Å². The number of hydrogen-bond donors (Lipinski definition) is 3. The number of hydrogen-bond acceptors (Lipinski definition) is 3. The van der Waals surface area contributed by atoms with Gasteiger partial charge in [0.15, 0.2) is 0 Å². The maximum absolute atomic E-state index is 8.90. The fourth-order valence-corrected chi connectivity index (χ4v) is 0.542. The van der Waals surface area contributed by atoms with Gasteiger partial charge in [-0.05, 0) is 19.8 Å². The Balaban J connectivity index is 3.16. The van der Waals surface area contributed by atoms with E-state index in [0.717, 1.165) is 0 Å². The first-order chi connectivity index (χ1) is 4.18. The Labute approximate surface area is 54.9 Å². The average molecular weight is 134 g/mol. The fourth-order valence-electron chi connectivity index (χ4n) is 0.542. The molecule has 3 N–H and O–H groups in total. The maximum Gasteiger partial charge on any atom is 0.0797 e. The van der Waals surface area contributed by atoms with Crippen molar-refractivity contribution in [2.24, 2.45) is 0 Å². The summed E-state index contributed by atoms with van der Waals surface area (Å²) in [5.74, 6) is 0. The molecule has 0 spiro atoms. The van der Waals surface area contributed by atoms with E-state index in [1.807, 2.05) is 0 Å². The Morgan fingerprint density at radius 2 is 1.89 bits per heavy atom. The second-order valence-electron chi connectivity index (χ2n) is 2.17. The third kappa shape index (κ3) is 4.39. The van der Waals surface area contributed by atoms with Crippen molar-refractivity contribution in [1.82, 2.24) is 0 Å². The van der Waals surface area contributed by atoms with E-state index in [9.17, 15) is 0 Å². The minimum Gasteiger partial charge on any atom is -0.396 e. The fraction of sp³-hybridized carbons (Fsp3) is 1.00. The number of aliphatic hydroxyl groups excluding tert-OH is 3. The van der Waals surface area contributed by atoms with Crippen LogP contribution in [0, 0.1) is 0 Å². The lowest BCUT2D eigenvalue weighted by atomic mass is 10.1. The van der Waals surface area contributed by atoms with Crippen molar-refractivity contribution in [1.29, 1.82) is 0 Å². The Kier molecular flexibility index (Phi) is 4.67. The lowest BCUT2D eigenvalue weighted by molar-refractivity contribution is 0.0224. The first-order valence-corrected chi connectivity index (χ1v) is 3.15. The lowest BCUT2D eigenvalue weighted by Crippen LogP contribution is -2.22. The van der Waals surface area contributed by atoms with Crippen LogP contribution in [0.1, 0.15) is 19.8 Å². The largest absolute Gasteiger partial charge is 0.396 e. The molecule has 0 heterocycles. The summed E-state index contributed by atoms with van der Waals surface area (Å²) in [7, 11) is 0. The highest BCUT2D eigenvalue weighted by Gasteiger charge is 2.08. The standard InChI is InChI=1S/C6H14O3/c1-5(8)6(9)3-2-4-7/h5-9H,2-4H2,1H3/t5-,6-/m0/s1. The van der Waals surface area contributed by atoms with Gasteiger partial charge in [-0.1, -0.05) is 0 Å². The highest BCUT2D eigenvalue weighted by molar-refractivity contribution is 4.60. The van der Waals surface area contributed by atoms with Crippen LogP contribution in [-0.2, 0) is 0 Å². The van der Waals surface area contributed by atoms with Gasteiger partial charge >= 0.3 is 0 Å². The van der Waals surface area contributed by atoms with E-state index in [1.54, 1.807) is 0 Å². The lowest BCUT2D eigenvalue weighted by Gasteiger charge is -2.11. The zero-order chi connectivity index (χ0) is 7.28. The monoisotopic (exact) mass is 134 g/mol. The molecule has 0 aromatic rings. The molecule has 0 aliphatic heterocycles. The van der Waals surface area contributed by atoms with Crippen LogP contribution in [0.25, 0.3) is 0 Å². The molecule has 0 radical (unpaired) electrons. The summed E-state index contributed by atoms with van der Waals surface area (Å²) < 4.78 is 0. The van der Waals surface area contributed by atoms with Gasteiger partial charge in [-0.15, -0.1) is 0 Å². The van der Waals surface area contributed by atoms with Crippen LogP contribution >= 0.6 is 0 Å². The van der Waals surface area contributed by atoms with Gasteiger partial charge in [0.1, 0.15) is 0 Å². The van der Waals surface area contributed by atoms with E-state index in [2.05, 4.69) is 0 Å². The molecule has 0 fully saturated rings. The molecule has 0 rings (SSSR count). The summed E-state index contributed by atoms with van der Waals surface area (Å²) in [6, 6.07) is 0. The van der Waals surface area contributed by atoms with E-state index >= 15 is 0 Å². The van der Waals surface area contributed by atoms with Gasteiger partial charge in [0.25, 0.3) is 0 Å². The Morgan fingerprint density at radius 3 is 2.22 bits per heavy atom. The Bertz CT molecular complexity index is 63.3. The molecule has 0 saturated carbocycles. The highest BCUT2D eigenvalue weighted by atomic mass is 16.3. The highest BCUT2D eigenvalue weighted by Crippen LogP contribution is 2.00. The number of rotatable bonds is 4. The van der Waals surface area contributed by atoms with Crippen molar-refractivity contribution in [2.75, 3.05) is 6.61 Å². The van der Waals surface area contributed by atoms with Crippen molar-refractivity contribution >= 4 is 0 Å². The second kappa shape index (κ2) is 4.73. The second-order valence-corrected chi connectivity index (χ2v) is 2.17. The van der Waals surface area contributed by atoms with Crippen LogP contribution < -0.4 is 0 Å². The third-order valence-electron chi connectivity index (χ3n) is 1.21. The molecule has 0 unspecified atom stereocenters. The predicted molar refractivity (Wildman–Crippen MR) is 34.0 cm³/mol. The smallest absolute Gasteiger partial charge is 0.0797 e. The first kappa shape index (κ1) is 8.88. The van der Waals surface area contributed by atoms with Crippen LogP contribution in [0.5, 0.6) is 0 Å². The quantitative estimate of drug-likeness (QED) is 0.486. The van der Waals surface area contributed by atoms with Gasteiger partial charge in [-0.2, -0.15) is 0 Å². The summed E-state index contributed by atoms with van der Waals surface area (Å²) in [5.41, 5.74) is 0. The van der Waals surface area contributed by atoms with Crippen LogP contribution in [0.4, 0.5) is 0 Å². The molecule has 3 heteroatoms. The van der Waals surface area contributed by atoms with E-state index in [0.29, 0.717) is 12.8 Å². The predicted octanol–water partition coefficient (Wildman–Crippen LogP) is -0.499. The maximum atomic E-state index is 8.90. The van der Waals surface area contributed by atoms with Gasteiger partial charge in [0, 0.05) is 6.61 Å². The zero-order valence-electron chi connectivity index (χ0n) is 5.62. The average Bonchev–Trinajstić information content (AvgIpc) is 1.82. The van der Waals surface area contributed by atoms with Gasteiger partial charge in [0.05, 0.1) is 12.2 Å². The minimum absolute atomic E-state index is 0.0732. The third-order valence-corrected chi connectivity index (χ3v) is 1.21. The van der Waals surface area contributed by atoms with E-state index in [1.165, 1.54) is 6.92 Å². The van der Waals surface area contributed by atoms with Gasteiger partial charge < -0.3 is 15.3 Å². The van der Waals surface area contributed by atoms with Crippen LogP contribution in [0.15, 0.2) is 0 Å². The van der Waals surface area contributed by atoms with Crippen molar-refractivity contribution in [2.45, 2.75) is 32.0 Å². The minimum atomic E-state index is -0.684. The molecule has 0 bridgehead atoms. The molecule has 3 nitrogen and oxygen atoms in total. The molecule has 2 atom stereocenters. The van der Waals surface area contributed by atoms with E-state index in [4.69, 9.17) is 15.3 Å². The van der Waals surface area contributed by atoms with Crippen LogP contribution in [-0.4, -0.2) is 34.1 Å². The SMILES string of the molecule is C[C@H](O)[C@@H](O)CCCO. The summed E-state index contributed by atoms with van der Waals surface area (Å²) >= 11 is 0. The number of aliphatic hydroxyl groups is 3. The topological polar surface area (TPSA) is 60.7 Å². The molecule has 0 aromatic carbocycles. The zero-order valence-corrected chi connectivity index (χ0v) is 5.62. The molecule has 56 valence electrons. The van der Waals surface area contributed by atoms with E-state index in [-0.39, 0.29) is 6.61 Å². The summed E-state index contributed by atoms with van der Waals surface area (Å²) in [6.07, 6.45) is -0.353. The molecule has 0 aliphatic rings. The molecular formula is C6H14O3. The molecule has 9 heavy (non-hydrogen) atoms. The first-order valence-electron chi connectivity index (χ1n) is 3.15. The van der Waals surface area contributed by atoms with Crippen LogP contribution in [0.3, 0.4) is 0 Å². The molecule has 0 aliphatic carbocycles. The van der Waals surface area contributed by atoms with Crippen molar-refractivity contribution in [3.63, 3.8) is 0 Å². The summed E-state index contributed by atoms with van der Waals surface area (Å²) in [4.78, 5) is 0. The Hall–Kier alpha value is -0.120. The molecule has 0 saturated heterocycles. The van der Waals surface area contributed by atoms with Gasteiger partial charge in [-0.25, -0.2) is 0 Å². The van der Waals surface area contributed by atoms with Gasteiger partial charge in [0.2, 0.25) is 0 Å². The molecular weight excluding hydrogens is 120 g/mol. The molecule has 0 amide bonds. The van der Waals surface area contributed by atoms with E-state index < -0.39 is 12.2 Å². The van der Waals surface area contributed by atoms with Crippen molar-refractivity contribution in [3.05, 3.63) is 0 Å². The van der Waals surface area contributed by atoms with Crippen LogP contribution in [0.2, 0.25) is 0 Å². The van der Waals surface area contributed by atoms with Crippen molar-refractivity contribution < 1.29 is 15.3 Å². The Morgan fingerprint density at radius 1 is 1.33 bits per heavy atom. The molecule has 0 aromatic heterocycles.